The van der Waals surface area contributed by atoms with Crippen LogP contribution in [0.25, 0.3) is 0 Å². The molecule has 7 N–H and O–H groups in total. The van der Waals surface area contributed by atoms with Gasteiger partial charge in [-0.1, -0.05) is 6.07 Å². The summed E-state index contributed by atoms with van der Waals surface area (Å²) in [6.07, 6.45) is -15.7. The van der Waals surface area contributed by atoms with Gasteiger partial charge in [0.15, 0.2) is 23.6 Å². The number of phenolic OH excluding ortho intramolecular Hbond substituents is 1. The van der Waals surface area contributed by atoms with Crippen LogP contribution in [-0.4, -0.2) is 124 Å². The third-order valence-electron chi connectivity index (χ3n) is 7.91. The van der Waals surface area contributed by atoms with E-state index < -0.39 is 79.9 Å². The van der Waals surface area contributed by atoms with Gasteiger partial charge in [0.05, 0.1) is 33.4 Å². The average molecular weight is 625 g/mol. The Bertz CT molecular complexity index is 1340. The summed E-state index contributed by atoms with van der Waals surface area (Å²) in [7, 11) is 2.97. The second kappa shape index (κ2) is 13.0. The van der Waals surface area contributed by atoms with Crippen molar-refractivity contribution < 1.29 is 73.7 Å². The van der Waals surface area contributed by atoms with E-state index in [4.69, 9.17) is 33.2 Å². The van der Waals surface area contributed by atoms with Crippen molar-refractivity contribution in [2.45, 2.75) is 80.9 Å². The molecule has 2 saturated heterocycles. The number of aromatic hydroxyl groups is 1. The maximum absolute atomic E-state index is 13.0. The van der Waals surface area contributed by atoms with Crippen molar-refractivity contribution in [2.75, 3.05) is 20.8 Å². The number of rotatable bonds is 8. The summed E-state index contributed by atoms with van der Waals surface area (Å²) in [5, 5.41) is 72.3. The molecule has 3 aliphatic heterocycles. The molecule has 0 radical (unpaired) electrons. The fourth-order valence-electron chi connectivity index (χ4n) is 5.35. The van der Waals surface area contributed by atoms with Gasteiger partial charge >= 0.3 is 0 Å². The summed E-state index contributed by atoms with van der Waals surface area (Å²) in [6, 6.07) is 7.50. The summed E-state index contributed by atoms with van der Waals surface area (Å²) in [5.41, 5.74) is 0.551. The minimum absolute atomic E-state index is 0.0000931. The smallest absolute Gasteiger partial charge is 0.229 e. The monoisotopic (exact) mass is 624 g/mol. The lowest BCUT2D eigenvalue weighted by Gasteiger charge is -2.42. The van der Waals surface area contributed by atoms with Crippen LogP contribution in [0.5, 0.6) is 28.7 Å². The van der Waals surface area contributed by atoms with E-state index in [0.717, 1.165) is 6.07 Å². The Balaban J connectivity index is 1.31. The minimum Gasteiger partial charge on any atom is -0.507 e. The van der Waals surface area contributed by atoms with E-state index in [9.17, 15) is 40.5 Å². The molecule has 0 spiro atoms. The van der Waals surface area contributed by atoms with Gasteiger partial charge in [-0.05, 0) is 24.6 Å². The quantitative estimate of drug-likeness (QED) is 0.190. The number of hydrogen-bond acceptors (Lipinski definition) is 15. The Morgan fingerprint density at radius 2 is 1.50 bits per heavy atom. The highest BCUT2D eigenvalue weighted by Gasteiger charge is 2.47. The summed E-state index contributed by atoms with van der Waals surface area (Å²) in [6.45, 7) is 0.982. The van der Waals surface area contributed by atoms with Gasteiger partial charge in [0.2, 0.25) is 6.29 Å². The Labute approximate surface area is 251 Å². The Kier molecular flexibility index (Phi) is 9.50. The highest BCUT2D eigenvalue weighted by molar-refractivity contribution is 6.02. The van der Waals surface area contributed by atoms with Gasteiger partial charge in [0.1, 0.15) is 71.6 Å². The molecule has 0 bridgehead atoms. The standard InChI is InChI=1S/C29H36O15/c1-11-22(32)24(34)26(36)28(41-11)40-10-20-23(33)25(35)27(37)29(44-20)42-13-7-14(30)21-15(31)9-17(43-19(21)8-13)12-4-5-16(38-2)18(6-12)39-3/h4-8,11,17,20,22-30,32-37H,9-10H2,1-3H3/t11-,17-,20+,22+,23-,24-,25-,26-,27-,28+,29+/m0/s1. The number of aliphatic hydroxyl groups excluding tert-OH is 6. The molecule has 2 fully saturated rings. The van der Waals surface area contributed by atoms with Crippen LogP contribution >= 0.6 is 0 Å². The molecule has 3 heterocycles. The number of aliphatic hydroxyl groups is 6. The van der Waals surface area contributed by atoms with Crippen LogP contribution in [0.2, 0.25) is 0 Å². The van der Waals surface area contributed by atoms with E-state index in [1.54, 1.807) is 18.2 Å². The SMILES string of the molecule is COc1ccc([C@@H]2CC(=O)c3c(O)cc(O[C@@H]4O[C@H](CO[C@@H]5O[C@@H](C)[C@@H](O)[C@H](O)[C@@H]5O)[C@H](O)[C@H](O)[C@@H]4O)cc3O2)cc1OC. The van der Waals surface area contributed by atoms with Crippen molar-refractivity contribution in [3.05, 3.63) is 41.5 Å². The average Bonchev–Trinajstić information content (AvgIpc) is 3.01. The van der Waals surface area contributed by atoms with Gasteiger partial charge in [-0.15, -0.1) is 0 Å². The number of carbonyl (C=O) groups excluding carboxylic acids is 1. The van der Waals surface area contributed by atoms with Crippen molar-refractivity contribution >= 4 is 5.78 Å². The molecular weight excluding hydrogens is 588 g/mol. The summed E-state index contributed by atoms with van der Waals surface area (Å²) in [5.74, 6) is -0.00697. The van der Waals surface area contributed by atoms with E-state index in [0.29, 0.717) is 17.1 Å². The maximum Gasteiger partial charge on any atom is 0.229 e. The summed E-state index contributed by atoms with van der Waals surface area (Å²) < 4.78 is 38.9. The molecule has 242 valence electrons. The second-order valence-electron chi connectivity index (χ2n) is 10.8. The van der Waals surface area contributed by atoms with E-state index in [1.165, 1.54) is 27.2 Å². The Hall–Kier alpha value is -3.25. The highest BCUT2D eigenvalue weighted by Crippen LogP contribution is 2.43. The topological polar surface area (TPSA) is 223 Å². The van der Waals surface area contributed by atoms with Gasteiger partial charge in [-0.2, -0.15) is 0 Å². The van der Waals surface area contributed by atoms with E-state index in [1.807, 2.05) is 0 Å². The molecule has 11 atom stereocenters. The van der Waals surface area contributed by atoms with Gasteiger partial charge < -0.3 is 68.9 Å². The lowest BCUT2D eigenvalue weighted by atomic mass is 9.95. The lowest BCUT2D eigenvalue weighted by molar-refractivity contribution is -0.318. The summed E-state index contributed by atoms with van der Waals surface area (Å²) in [4.78, 5) is 13.0. The molecule has 0 amide bonds. The predicted molar refractivity (Wildman–Crippen MR) is 146 cm³/mol. The lowest BCUT2D eigenvalue weighted by Crippen LogP contribution is -2.61. The zero-order chi connectivity index (χ0) is 31.9. The number of benzene rings is 2. The third kappa shape index (κ3) is 6.15. The number of fused-ring (bicyclic) bond motifs is 1. The third-order valence-corrected chi connectivity index (χ3v) is 7.91. The maximum atomic E-state index is 13.0. The van der Waals surface area contributed by atoms with Crippen molar-refractivity contribution in [1.82, 2.24) is 0 Å². The van der Waals surface area contributed by atoms with Crippen LogP contribution in [0.1, 0.15) is 35.4 Å². The Morgan fingerprint density at radius 1 is 0.818 bits per heavy atom. The predicted octanol–water partition coefficient (Wildman–Crippen LogP) is -0.854. The largest absolute Gasteiger partial charge is 0.507 e. The van der Waals surface area contributed by atoms with Crippen molar-refractivity contribution in [1.29, 1.82) is 0 Å². The fourth-order valence-corrected chi connectivity index (χ4v) is 5.35. The number of hydrogen-bond donors (Lipinski definition) is 7. The first kappa shape index (κ1) is 32.2. The molecule has 0 aromatic heterocycles. The number of carbonyl (C=O) groups is 1. The normalized spacial score (nSPS) is 35.4. The molecule has 3 aliphatic rings. The zero-order valence-corrected chi connectivity index (χ0v) is 24.0. The van der Waals surface area contributed by atoms with Crippen LogP contribution < -0.4 is 18.9 Å². The molecule has 2 aromatic rings. The highest BCUT2D eigenvalue weighted by atomic mass is 16.7. The molecule has 0 saturated carbocycles. The van der Waals surface area contributed by atoms with E-state index in [2.05, 4.69) is 0 Å². The van der Waals surface area contributed by atoms with Crippen molar-refractivity contribution in [2.24, 2.45) is 0 Å². The van der Waals surface area contributed by atoms with Gasteiger partial charge in [0, 0.05) is 12.1 Å². The fraction of sp³-hybridized carbons (Fsp3) is 0.552. The van der Waals surface area contributed by atoms with Crippen LogP contribution in [0.3, 0.4) is 0 Å². The molecule has 15 heteroatoms. The van der Waals surface area contributed by atoms with Crippen LogP contribution in [0, 0.1) is 0 Å². The van der Waals surface area contributed by atoms with Crippen molar-refractivity contribution in [3.8, 4) is 28.7 Å². The molecule has 2 aromatic carbocycles. The van der Waals surface area contributed by atoms with E-state index in [-0.39, 0.29) is 29.3 Å². The second-order valence-corrected chi connectivity index (χ2v) is 10.8. The number of ketones is 1. The molecule has 0 unspecified atom stereocenters. The van der Waals surface area contributed by atoms with Crippen molar-refractivity contribution in [3.63, 3.8) is 0 Å². The molecule has 44 heavy (non-hydrogen) atoms. The molecule has 5 rings (SSSR count). The van der Waals surface area contributed by atoms with Gasteiger partial charge in [-0.3, -0.25) is 4.79 Å². The number of ether oxygens (including phenoxy) is 7. The first-order valence-corrected chi connectivity index (χ1v) is 13.9. The summed E-state index contributed by atoms with van der Waals surface area (Å²) >= 11 is 0. The number of methoxy groups -OCH3 is 2. The molecular formula is C29H36O15. The molecule has 0 aliphatic carbocycles. The van der Waals surface area contributed by atoms with E-state index >= 15 is 0 Å². The van der Waals surface area contributed by atoms with Crippen LogP contribution in [0.4, 0.5) is 0 Å². The minimum atomic E-state index is -1.76. The Morgan fingerprint density at radius 3 is 2.20 bits per heavy atom. The zero-order valence-electron chi connectivity index (χ0n) is 24.0. The molecule has 15 nitrogen and oxygen atoms in total. The van der Waals surface area contributed by atoms with Crippen LogP contribution in [-0.2, 0) is 14.2 Å². The number of phenols is 1. The first-order chi connectivity index (χ1) is 20.9. The van der Waals surface area contributed by atoms with Gasteiger partial charge in [0.25, 0.3) is 0 Å². The van der Waals surface area contributed by atoms with Crippen LogP contribution in [0.15, 0.2) is 30.3 Å². The first-order valence-electron chi connectivity index (χ1n) is 13.9. The number of Topliss-reactive ketones (excluding diaryl/α,β-unsaturated/α-hetero) is 1. The van der Waals surface area contributed by atoms with Gasteiger partial charge in [-0.25, -0.2) is 0 Å².